The molecule has 4 aliphatic rings. The molecule has 0 spiro atoms. The van der Waals surface area contributed by atoms with E-state index in [9.17, 15) is 4.79 Å². The van der Waals surface area contributed by atoms with Gasteiger partial charge in [-0.3, -0.25) is 4.79 Å². The highest BCUT2D eigenvalue weighted by molar-refractivity contribution is 5.79. The molecule has 192 valence electrons. The Balaban J connectivity index is 1.30. The van der Waals surface area contributed by atoms with E-state index in [1.165, 1.54) is 49.7 Å². The van der Waals surface area contributed by atoms with Gasteiger partial charge in [0.05, 0.1) is 24.7 Å². The monoisotopic (exact) mass is 478 g/mol. The first kappa shape index (κ1) is 25.1. The highest BCUT2D eigenvalue weighted by Crippen LogP contribution is 2.67. The van der Waals surface area contributed by atoms with E-state index in [1.54, 1.807) is 0 Å². The van der Waals surface area contributed by atoms with Crippen LogP contribution < -0.4 is 0 Å². The Morgan fingerprint density at radius 3 is 2.49 bits per heavy atom. The lowest BCUT2D eigenvalue weighted by molar-refractivity contribution is -0.152. The molecule has 0 radical (unpaired) electrons. The average Bonchev–Trinajstić information content (AvgIpc) is 3.19. The van der Waals surface area contributed by atoms with Crippen LogP contribution in [0.5, 0.6) is 0 Å². The molecule has 3 fully saturated rings. The van der Waals surface area contributed by atoms with Crippen molar-refractivity contribution in [2.45, 2.75) is 98.7 Å². The number of rotatable bonds is 6. The van der Waals surface area contributed by atoms with Crippen LogP contribution in [0.4, 0.5) is 0 Å². The lowest BCUT2D eigenvalue weighted by Gasteiger charge is -2.60. The fraction of sp³-hybridized carbons (Fsp3) is 0.719. The fourth-order valence-electron chi connectivity index (χ4n) is 8.83. The van der Waals surface area contributed by atoms with Gasteiger partial charge >= 0.3 is 5.97 Å². The quantitative estimate of drug-likeness (QED) is 0.310. The lowest BCUT2D eigenvalue weighted by atomic mass is 9.45. The van der Waals surface area contributed by atoms with Gasteiger partial charge in [0.25, 0.3) is 0 Å². The number of ether oxygens (including phenoxy) is 2. The maximum absolute atomic E-state index is 12.7. The number of carbonyl (C=O) groups is 1. The normalized spacial score (nSPS) is 38.7. The van der Waals surface area contributed by atoms with E-state index in [2.05, 4.69) is 64.1 Å². The molecule has 0 heterocycles. The zero-order valence-corrected chi connectivity index (χ0v) is 22.6. The zero-order valence-electron chi connectivity index (χ0n) is 22.6. The van der Waals surface area contributed by atoms with Crippen molar-refractivity contribution in [3.8, 4) is 0 Å². The zero-order chi connectivity index (χ0) is 24.8. The smallest absolute Gasteiger partial charge is 0.315 e. The number of esters is 1. The summed E-state index contributed by atoms with van der Waals surface area (Å²) in [4.78, 5) is 12.7. The third-order valence-electron chi connectivity index (χ3n) is 11.1. The molecule has 0 bridgehead atoms. The molecule has 1 aromatic carbocycles. The summed E-state index contributed by atoms with van der Waals surface area (Å²) in [6, 6.07) is 10.7. The topological polar surface area (TPSA) is 35.5 Å². The van der Waals surface area contributed by atoms with Gasteiger partial charge in [0.15, 0.2) is 0 Å². The summed E-state index contributed by atoms with van der Waals surface area (Å²) in [5.41, 5.74) is 2.78. The summed E-state index contributed by atoms with van der Waals surface area (Å²) >= 11 is 0. The van der Waals surface area contributed by atoms with Crippen molar-refractivity contribution < 1.29 is 14.3 Å². The van der Waals surface area contributed by atoms with Crippen molar-refractivity contribution >= 4 is 5.97 Å². The van der Waals surface area contributed by atoms with E-state index in [0.717, 1.165) is 37.2 Å². The van der Waals surface area contributed by atoms with Crippen molar-refractivity contribution in [1.82, 2.24) is 0 Å². The summed E-state index contributed by atoms with van der Waals surface area (Å²) in [6.07, 6.45) is 12.8. The first-order chi connectivity index (χ1) is 16.7. The van der Waals surface area contributed by atoms with Crippen LogP contribution >= 0.6 is 0 Å². The molecular weight excluding hydrogens is 432 g/mol. The Labute approximate surface area is 213 Å². The number of fused-ring (bicyclic) bond motifs is 5. The molecule has 0 aliphatic heterocycles. The number of carbonyl (C=O) groups excluding carboxylic acids is 1. The standard InChI is InChI=1S/C32H46O3/c1-6-34-29(33)30(2,3)23-16-18-31(4)24(20-23)12-13-25-26-14-15-28(32(26,5)19-17-27(25)31)35-21-22-10-8-7-9-11-22/h7-11,16,24-28H,6,12-15,17-21H2,1-5H3/t24-,25-,26+,27-,28-,31-,32-/m0/s1. The maximum atomic E-state index is 12.7. The second-order valence-corrected chi connectivity index (χ2v) is 13.0. The van der Waals surface area contributed by atoms with Gasteiger partial charge in [-0.15, -0.1) is 0 Å². The molecular formula is C32H46O3. The van der Waals surface area contributed by atoms with Gasteiger partial charge in [-0.1, -0.05) is 55.8 Å². The molecule has 5 rings (SSSR count). The minimum atomic E-state index is -0.506. The van der Waals surface area contributed by atoms with Crippen LogP contribution in [-0.4, -0.2) is 18.7 Å². The van der Waals surface area contributed by atoms with Crippen molar-refractivity contribution in [1.29, 1.82) is 0 Å². The van der Waals surface area contributed by atoms with Crippen molar-refractivity contribution in [2.75, 3.05) is 6.61 Å². The molecule has 3 nitrogen and oxygen atoms in total. The number of hydrogen-bond donors (Lipinski definition) is 0. The SMILES string of the molecule is CCOC(=O)C(C)(C)C1=CC[C@@]2(C)[C@@H](CC[C@H]3[C@H]4CC[C@H](OCc5ccccc5)[C@@]4(C)CC[C@@H]32)C1. The first-order valence-corrected chi connectivity index (χ1v) is 14.2. The molecule has 3 heteroatoms. The van der Waals surface area contributed by atoms with Crippen LogP contribution in [0.3, 0.4) is 0 Å². The highest BCUT2D eigenvalue weighted by Gasteiger charge is 2.60. The summed E-state index contributed by atoms with van der Waals surface area (Å²) in [5, 5.41) is 0. The van der Waals surface area contributed by atoms with Gasteiger partial charge in [-0.2, -0.15) is 0 Å². The van der Waals surface area contributed by atoms with Crippen molar-refractivity contribution in [3.05, 3.63) is 47.5 Å². The Kier molecular flexibility index (Phi) is 6.70. The van der Waals surface area contributed by atoms with E-state index < -0.39 is 5.41 Å². The van der Waals surface area contributed by atoms with Gasteiger partial charge in [-0.05, 0) is 112 Å². The van der Waals surface area contributed by atoms with E-state index >= 15 is 0 Å². The molecule has 0 aromatic heterocycles. The van der Waals surface area contributed by atoms with Crippen molar-refractivity contribution in [2.24, 2.45) is 39.9 Å². The molecule has 1 aromatic rings. The summed E-state index contributed by atoms with van der Waals surface area (Å²) in [6.45, 7) is 12.4. The van der Waals surface area contributed by atoms with Crippen LogP contribution in [-0.2, 0) is 20.9 Å². The third-order valence-corrected chi connectivity index (χ3v) is 11.1. The Morgan fingerprint density at radius 1 is 1.00 bits per heavy atom. The third kappa shape index (κ3) is 4.20. The van der Waals surface area contributed by atoms with E-state index in [0.29, 0.717) is 29.5 Å². The Bertz CT molecular complexity index is 949. The van der Waals surface area contributed by atoms with E-state index in [-0.39, 0.29) is 5.97 Å². The predicted molar refractivity (Wildman–Crippen MR) is 141 cm³/mol. The summed E-state index contributed by atoms with van der Waals surface area (Å²) < 4.78 is 12.0. The van der Waals surface area contributed by atoms with Crippen LogP contribution in [0, 0.1) is 39.9 Å². The largest absolute Gasteiger partial charge is 0.465 e. The molecule has 35 heavy (non-hydrogen) atoms. The Morgan fingerprint density at radius 2 is 1.74 bits per heavy atom. The Hall–Kier alpha value is -1.61. The van der Waals surface area contributed by atoms with Crippen LogP contribution in [0.2, 0.25) is 0 Å². The van der Waals surface area contributed by atoms with E-state index in [1.807, 2.05) is 6.92 Å². The molecule has 0 unspecified atom stereocenters. The minimum absolute atomic E-state index is 0.0653. The predicted octanol–water partition coefficient (Wildman–Crippen LogP) is 7.74. The van der Waals surface area contributed by atoms with Crippen LogP contribution in [0.25, 0.3) is 0 Å². The second kappa shape index (κ2) is 9.36. The van der Waals surface area contributed by atoms with Gasteiger partial charge in [0, 0.05) is 0 Å². The number of allylic oxidation sites excluding steroid dienone is 1. The summed E-state index contributed by atoms with van der Waals surface area (Å²) in [7, 11) is 0. The van der Waals surface area contributed by atoms with Gasteiger partial charge in [0.2, 0.25) is 0 Å². The fourth-order valence-corrected chi connectivity index (χ4v) is 8.83. The van der Waals surface area contributed by atoms with Crippen LogP contribution in [0.15, 0.2) is 42.0 Å². The molecule has 0 saturated heterocycles. The lowest BCUT2D eigenvalue weighted by Crippen LogP contribution is -2.53. The molecule has 7 atom stereocenters. The average molecular weight is 479 g/mol. The van der Waals surface area contributed by atoms with Gasteiger partial charge < -0.3 is 9.47 Å². The molecule has 0 N–H and O–H groups in total. The number of benzene rings is 1. The number of hydrogen-bond acceptors (Lipinski definition) is 3. The van der Waals surface area contributed by atoms with Gasteiger partial charge in [0.1, 0.15) is 0 Å². The highest BCUT2D eigenvalue weighted by atomic mass is 16.5. The maximum Gasteiger partial charge on any atom is 0.315 e. The second-order valence-electron chi connectivity index (χ2n) is 13.0. The van der Waals surface area contributed by atoms with Crippen LogP contribution in [0.1, 0.15) is 91.5 Å². The molecule has 3 saturated carbocycles. The summed E-state index contributed by atoms with van der Waals surface area (Å²) in [5.74, 6) is 3.04. The van der Waals surface area contributed by atoms with Crippen molar-refractivity contribution in [3.63, 3.8) is 0 Å². The first-order valence-electron chi connectivity index (χ1n) is 14.2. The van der Waals surface area contributed by atoms with E-state index in [4.69, 9.17) is 9.47 Å². The minimum Gasteiger partial charge on any atom is -0.465 e. The molecule has 0 amide bonds. The van der Waals surface area contributed by atoms with Gasteiger partial charge in [-0.25, -0.2) is 0 Å². The molecule has 4 aliphatic carbocycles.